The lowest BCUT2D eigenvalue weighted by molar-refractivity contribution is -0.114. The van der Waals surface area contributed by atoms with E-state index in [9.17, 15) is 17.6 Å². The van der Waals surface area contributed by atoms with Gasteiger partial charge in [-0.25, -0.2) is 12.8 Å². The zero-order valence-corrected chi connectivity index (χ0v) is 20.1. The van der Waals surface area contributed by atoms with Crippen molar-refractivity contribution in [3.05, 3.63) is 71.5 Å². The summed E-state index contributed by atoms with van der Waals surface area (Å²) in [5, 5.41) is 2.79. The van der Waals surface area contributed by atoms with Crippen LogP contribution in [0, 0.1) is 5.82 Å². The van der Waals surface area contributed by atoms with Gasteiger partial charge in [0.2, 0.25) is 5.91 Å². The smallest absolute Gasteiger partial charge is 0.265 e. The molecule has 0 radical (unpaired) electrons. The van der Waals surface area contributed by atoms with Gasteiger partial charge in [0, 0.05) is 16.8 Å². The molecule has 180 valence electrons. The molecule has 3 rings (SSSR count). The van der Waals surface area contributed by atoms with Crippen molar-refractivity contribution in [2.24, 2.45) is 0 Å². The topological polar surface area (TPSA) is 94.2 Å². The maximum Gasteiger partial charge on any atom is 0.265 e. The van der Waals surface area contributed by atoms with Gasteiger partial charge in [-0.15, -0.1) is 0 Å². The Morgan fingerprint density at radius 2 is 1.53 bits per heavy atom. The minimum atomic E-state index is -4.32. The zero-order valence-electron chi connectivity index (χ0n) is 18.5. The highest BCUT2D eigenvalue weighted by Crippen LogP contribution is 2.37. The quantitative estimate of drug-likeness (QED) is 0.462. The molecule has 11 heteroatoms. The fourth-order valence-electron chi connectivity index (χ4n) is 3.13. The van der Waals surface area contributed by atoms with Crippen LogP contribution < -0.4 is 23.8 Å². The highest BCUT2D eigenvalue weighted by molar-refractivity contribution is 7.92. The largest absolute Gasteiger partial charge is 0.495 e. The molecule has 0 aliphatic carbocycles. The number of sulfonamides is 1. The third-order valence-electron chi connectivity index (χ3n) is 4.77. The number of nitrogens with zero attached hydrogens (tertiary/aromatic N) is 1. The van der Waals surface area contributed by atoms with Crippen molar-refractivity contribution in [3.8, 4) is 17.2 Å². The number of hydrogen-bond acceptors (Lipinski definition) is 6. The van der Waals surface area contributed by atoms with Gasteiger partial charge in [-0.1, -0.05) is 11.6 Å². The van der Waals surface area contributed by atoms with Crippen LogP contribution in [0.15, 0.2) is 65.6 Å². The second kappa shape index (κ2) is 10.6. The monoisotopic (exact) mass is 508 g/mol. The van der Waals surface area contributed by atoms with Gasteiger partial charge in [0.05, 0.1) is 31.9 Å². The lowest BCUT2D eigenvalue weighted by Gasteiger charge is -2.26. The molecule has 0 aliphatic rings. The van der Waals surface area contributed by atoms with Crippen molar-refractivity contribution in [3.63, 3.8) is 0 Å². The van der Waals surface area contributed by atoms with Gasteiger partial charge in [-0.2, -0.15) is 0 Å². The van der Waals surface area contributed by atoms with Gasteiger partial charge in [0.25, 0.3) is 10.0 Å². The molecule has 1 amide bonds. The molecule has 0 spiro atoms. The summed E-state index contributed by atoms with van der Waals surface area (Å²) < 4.78 is 57.2. The standard InChI is InChI=1S/C23H22ClFN2O6S/c1-31-20-10-4-15(24)12-19(20)27(14-23(28)26-17-7-5-16(25)6-8-17)34(29,30)18-9-11-21(32-2)22(13-18)33-3/h4-13H,14H2,1-3H3,(H,26,28). The van der Waals surface area contributed by atoms with E-state index in [2.05, 4.69) is 5.32 Å². The average molecular weight is 509 g/mol. The van der Waals surface area contributed by atoms with Gasteiger partial charge in [0.1, 0.15) is 18.1 Å². The first-order chi connectivity index (χ1) is 16.2. The van der Waals surface area contributed by atoms with E-state index in [0.29, 0.717) is 11.4 Å². The van der Waals surface area contributed by atoms with Crippen LogP contribution in [0.5, 0.6) is 17.2 Å². The molecule has 0 saturated carbocycles. The van der Waals surface area contributed by atoms with Gasteiger partial charge < -0.3 is 19.5 Å². The maximum absolute atomic E-state index is 13.7. The maximum atomic E-state index is 13.7. The molecule has 0 unspecified atom stereocenters. The Balaban J connectivity index is 2.07. The first-order valence-corrected chi connectivity index (χ1v) is 11.6. The molecule has 0 aromatic heterocycles. The summed E-state index contributed by atoms with van der Waals surface area (Å²) in [5.41, 5.74) is 0.354. The average Bonchev–Trinajstić information content (AvgIpc) is 2.83. The third-order valence-corrected chi connectivity index (χ3v) is 6.76. The number of nitrogens with one attached hydrogen (secondary N) is 1. The molecule has 34 heavy (non-hydrogen) atoms. The van der Waals surface area contributed by atoms with Crippen LogP contribution in [-0.4, -0.2) is 42.2 Å². The Bertz CT molecular complexity index is 1290. The highest BCUT2D eigenvalue weighted by atomic mass is 35.5. The van der Waals surface area contributed by atoms with Gasteiger partial charge in [0.15, 0.2) is 11.5 Å². The molecule has 0 saturated heterocycles. The first kappa shape index (κ1) is 25.1. The second-order valence-corrected chi connectivity index (χ2v) is 9.20. The first-order valence-electron chi connectivity index (χ1n) is 9.83. The molecule has 0 bridgehead atoms. The fourth-order valence-corrected chi connectivity index (χ4v) is 4.73. The van der Waals surface area contributed by atoms with E-state index in [-0.39, 0.29) is 27.1 Å². The normalized spacial score (nSPS) is 11.0. The van der Waals surface area contributed by atoms with Gasteiger partial charge in [-0.05, 0) is 54.6 Å². The third kappa shape index (κ3) is 5.52. The van der Waals surface area contributed by atoms with Gasteiger partial charge >= 0.3 is 0 Å². The molecule has 1 N–H and O–H groups in total. The lowest BCUT2D eigenvalue weighted by atomic mass is 10.3. The number of carbonyl (C=O) groups is 1. The summed E-state index contributed by atoms with van der Waals surface area (Å²) in [4.78, 5) is 12.7. The predicted octanol–water partition coefficient (Wildman–Crippen LogP) is 4.34. The molecule has 0 aliphatic heterocycles. The fraction of sp³-hybridized carbons (Fsp3) is 0.174. The summed E-state index contributed by atoms with van der Waals surface area (Å²) >= 11 is 6.13. The van der Waals surface area contributed by atoms with E-state index in [1.165, 1.54) is 82.0 Å². The highest BCUT2D eigenvalue weighted by Gasteiger charge is 2.30. The number of ether oxygens (including phenoxy) is 3. The van der Waals surface area contributed by atoms with E-state index in [1.54, 1.807) is 0 Å². The summed E-state index contributed by atoms with van der Waals surface area (Å²) in [7, 11) is -0.147. The van der Waals surface area contributed by atoms with Crippen LogP contribution in [0.25, 0.3) is 0 Å². The number of amides is 1. The van der Waals surface area contributed by atoms with Crippen molar-refractivity contribution in [2.75, 3.05) is 37.5 Å². The number of carbonyl (C=O) groups excluding carboxylic acids is 1. The van der Waals surface area contributed by atoms with Crippen LogP contribution in [0.3, 0.4) is 0 Å². The molecular weight excluding hydrogens is 487 g/mol. The summed E-state index contributed by atoms with van der Waals surface area (Å²) in [6.45, 7) is -0.620. The molecule has 0 heterocycles. The molecular formula is C23H22ClFN2O6S. The van der Waals surface area contributed by atoms with Crippen molar-refractivity contribution in [1.29, 1.82) is 0 Å². The molecule has 0 atom stereocenters. The lowest BCUT2D eigenvalue weighted by Crippen LogP contribution is -2.38. The van der Waals surface area contributed by atoms with Crippen LogP contribution >= 0.6 is 11.6 Å². The van der Waals surface area contributed by atoms with E-state index in [4.69, 9.17) is 25.8 Å². The van der Waals surface area contributed by atoms with Crippen molar-refractivity contribution < 1.29 is 31.8 Å². The van der Waals surface area contributed by atoms with E-state index >= 15 is 0 Å². The van der Waals surface area contributed by atoms with Crippen LogP contribution in [0.4, 0.5) is 15.8 Å². The number of methoxy groups -OCH3 is 3. The number of benzene rings is 3. The van der Waals surface area contributed by atoms with Crippen LogP contribution in [-0.2, 0) is 14.8 Å². The Morgan fingerprint density at radius 1 is 0.912 bits per heavy atom. The minimum absolute atomic E-state index is 0.0547. The minimum Gasteiger partial charge on any atom is -0.495 e. The summed E-state index contributed by atoms with van der Waals surface area (Å²) in [6.07, 6.45) is 0. The molecule has 3 aromatic carbocycles. The van der Waals surface area contributed by atoms with E-state index < -0.39 is 28.3 Å². The Morgan fingerprint density at radius 3 is 2.15 bits per heavy atom. The van der Waals surface area contributed by atoms with E-state index in [0.717, 1.165) is 4.31 Å². The SMILES string of the molecule is COc1ccc(S(=O)(=O)N(CC(=O)Nc2ccc(F)cc2)c2cc(Cl)ccc2OC)cc1OC. The van der Waals surface area contributed by atoms with Crippen LogP contribution in [0.2, 0.25) is 5.02 Å². The van der Waals surface area contributed by atoms with Crippen molar-refractivity contribution >= 4 is 38.9 Å². The Hall–Kier alpha value is -3.50. The second-order valence-electron chi connectivity index (χ2n) is 6.90. The van der Waals surface area contributed by atoms with Crippen molar-refractivity contribution in [1.82, 2.24) is 0 Å². The van der Waals surface area contributed by atoms with Gasteiger partial charge in [-0.3, -0.25) is 9.10 Å². The predicted molar refractivity (Wildman–Crippen MR) is 127 cm³/mol. The number of halogens is 2. The van der Waals surface area contributed by atoms with Crippen LogP contribution in [0.1, 0.15) is 0 Å². The summed E-state index contributed by atoms with van der Waals surface area (Å²) in [6, 6.07) is 13.5. The zero-order chi connectivity index (χ0) is 24.9. The number of hydrogen-bond donors (Lipinski definition) is 1. The molecule has 3 aromatic rings. The Labute approximate surface area is 201 Å². The summed E-state index contributed by atoms with van der Waals surface area (Å²) in [5.74, 6) is -0.431. The number of rotatable bonds is 9. The molecule has 8 nitrogen and oxygen atoms in total. The van der Waals surface area contributed by atoms with E-state index in [1.807, 2.05) is 0 Å². The molecule has 0 fully saturated rings. The Kier molecular flexibility index (Phi) is 7.85. The van der Waals surface area contributed by atoms with Crippen molar-refractivity contribution in [2.45, 2.75) is 4.90 Å². The number of anilines is 2.